The van der Waals surface area contributed by atoms with E-state index >= 15 is 0 Å². The largest absolute Gasteiger partial charge is 0.286 e. The summed E-state index contributed by atoms with van der Waals surface area (Å²) in [5, 5.41) is 0. The van der Waals surface area contributed by atoms with Crippen molar-refractivity contribution < 1.29 is 21.8 Å². The van der Waals surface area contributed by atoms with E-state index in [1.807, 2.05) is 0 Å². The summed E-state index contributed by atoms with van der Waals surface area (Å²) in [6.45, 7) is 1.73. The summed E-state index contributed by atoms with van der Waals surface area (Å²) in [5.41, 5.74) is 0. The molecule has 0 heterocycles. The van der Waals surface area contributed by atoms with E-state index in [2.05, 4.69) is 0 Å². The molecule has 1 fully saturated rings. The van der Waals surface area contributed by atoms with E-state index < -0.39 is 22.0 Å². The van der Waals surface area contributed by atoms with Crippen LogP contribution in [-0.4, -0.2) is 24.6 Å². The molecule has 0 aliphatic heterocycles. The summed E-state index contributed by atoms with van der Waals surface area (Å²) in [7, 11) is -3.97. The van der Waals surface area contributed by atoms with Gasteiger partial charge in [0.15, 0.2) is 0 Å². The van der Waals surface area contributed by atoms with Crippen LogP contribution in [0.3, 0.4) is 0 Å². The molecule has 3 nitrogen and oxygen atoms in total. The van der Waals surface area contributed by atoms with Gasteiger partial charge in [0.05, 0.1) is 5.75 Å². The highest BCUT2D eigenvalue weighted by Gasteiger charge is 2.40. The van der Waals surface area contributed by atoms with Gasteiger partial charge in [0, 0.05) is 12.3 Å². The Bertz CT molecular complexity index is 333. The van der Waals surface area contributed by atoms with Gasteiger partial charge in [-0.1, -0.05) is 13.3 Å². The van der Waals surface area contributed by atoms with Crippen molar-refractivity contribution in [1.82, 2.24) is 0 Å². The molecule has 0 spiro atoms. The smallest absolute Gasteiger partial charge is 0.265 e. The third kappa shape index (κ3) is 4.87. The normalized spacial score (nSPS) is 27.1. The summed E-state index contributed by atoms with van der Waals surface area (Å²) in [5.74, 6) is -3.71. The number of hydrogen-bond acceptors (Lipinski definition) is 2. The van der Waals surface area contributed by atoms with Gasteiger partial charge in [0.25, 0.3) is 16.0 Å². The molecule has 0 aromatic heterocycles. The lowest BCUT2D eigenvalue weighted by molar-refractivity contribution is -0.0810. The molecule has 1 rings (SSSR count). The van der Waals surface area contributed by atoms with Crippen molar-refractivity contribution in [2.45, 2.75) is 51.4 Å². The van der Waals surface area contributed by atoms with Crippen molar-refractivity contribution in [3.05, 3.63) is 0 Å². The molecule has 0 atom stereocenters. The average Bonchev–Trinajstić information content (AvgIpc) is 2.15. The Morgan fingerprint density at radius 1 is 1.24 bits per heavy atom. The highest BCUT2D eigenvalue weighted by atomic mass is 32.2. The van der Waals surface area contributed by atoms with Crippen LogP contribution in [0.25, 0.3) is 0 Å². The standard InChI is InChI=1S/C11H20F2O3S/c1-2-7-11(12,13)10-5-3-9(4-6-10)8-17(14,15)16/h9-10H,2-8H2,1H3,(H,14,15,16). The topological polar surface area (TPSA) is 54.4 Å². The first-order valence-electron chi connectivity index (χ1n) is 6.07. The molecule has 0 amide bonds. The van der Waals surface area contributed by atoms with Gasteiger partial charge in [-0.05, 0) is 31.6 Å². The van der Waals surface area contributed by atoms with Gasteiger partial charge in [0.2, 0.25) is 0 Å². The number of halogens is 2. The van der Waals surface area contributed by atoms with Crippen molar-refractivity contribution in [1.29, 1.82) is 0 Å². The minimum atomic E-state index is -3.97. The Morgan fingerprint density at radius 2 is 1.76 bits per heavy atom. The van der Waals surface area contributed by atoms with E-state index in [1.165, 1.54) is 0 Å². The minimum Gasteiger partial charge on any atom is -0.286 e. The predicted molar refractivity (Wildman–Crippen MR) is 61.7 cm³/mol. The van der Waals surface area contributed by atoms with Crippen LogP contribution in [0, 0.1) is 11.8 Å². The van der Waals surface area contributed by atoms with E-state index in [9.17, 15) is 17.2 Å². The summed E-state index contributed by atoms with van der Waals surface area (Å²) in [6.07, 6.45) is 1.99. The van der Waals surface area contributed by atoms with Crippen LogP contribution in [0.2, 0.25) is 0 Å². The molecule has 17 heavy (non-hydrogen) atoms. The molecular formula is C11H20F2O3S. The van der Waals surface area contributed by atoms with Crippen molar-refractivity contribution in [2.24, 2.45) is 11.8 Å². The molecule has 0 saturated heterocycles. The molecule has 0 unspecified atom stereocenters. The molecule has 0 radical (unpaired) electrons. The zero-order valence-electron chi connectivity index (χ0n) is 10.0. The van der Waals surface area contributed by atoms with E-state index in [1.54, 1.807) is 6.92 Å². The lowest BCUT2D eigenvalue weighted by atomic mass is 9.78. The quantitative estimate of drug-likeness (QED) is 0.781. The van der Waals surface area contributed by atoms with E-state index in [4.69, 9.17) is 4.55 Å². The first kappa shape index (κ1) is 14.8. The predicted octanol–water partition coefficient (Wildman–Crippen LogP) is 3.12. The fourth-order valence-electron chi connectivity index (χ4n) is 2.59. The Balaban J connectivity index is 2.45. The minimum absolute atomic E-state index is 0.0966. The molecule has 0 aromatic carbocycles. The maximum Gasteiger partial charge on any atom is 0.265 e. The van der Waals surface area contributed by atoms with Crippen LogP contribution in [0.1, 0.15) is 45.4 Å². The number of alkyl halides is 2. The van der Waals surface area contributed by atoms with Gasteiger partial charge in [0.1, 0.15) is 0 Å². The molecule has 1 N–H and O–H groups in total. The van der Waals surface area contributed by atoms with Gasteiger partial charge in [-0.3, -0.25) is 4.55 Å². The van der Waals surface area contributed by atoms with Crippen LogP contribution in [0.5, 0.6) is 0 Å². The summed E-state index contributed by atoms with van der Waals surface area (Å²) >= 11 is 0. The first-order chi connectivity index (χ1) is 7.74. The first-order valence-corrected chi connectivity index (χ1v) is 7.68. The van der Waals surface area contributed by atoms with Crippen LogP contribution < -0.4 is 0 Å². The lowest BCUT2D eigenvalue weighted by Gasteiger charge is -2.33. The van der Waals surface area contributed by atoms with Crippen molar-refractivity contribution in [3.63, 3.8) is 0 Å². The van der Waals surface area contributed by atoms with Crippen LogP contribution in [0.15, 0.2) is 0 Å². The Hall–Kier alpha value is -0.230. The molecule has 1 aliphatic carbocycles. The molecule has 1 aliphatic rings. The number of hydrogen-bond donors (Lipinski definition) is 1. The zero-order valence-corrected chi connectivity index (χ0v) is 10.8. The highest BCUT2D eigenvalue weighted by molar-refractivity contribution is 7.85. The SMILES string of the molecule is CCCC(F)(F)C1CCC(CS(=O)(=O)O)CC1. The van der Waals surface area contributed by atoms with Gasteiger partial charge >= 0.3 is 0 Å². The third-order valence-electron chi connectivity index (χ3n) is 3.47. The Labute approximate surface area is 101 Å². The van der Waals surface area contributed by atoms with Gasteiger partial charge < -0.3 is 0 Å². The third-order valence-corrected chi connectivity index (χ3v) is 4.37. The van der Waals surface area contributed by atoms with E-state index in [-0.39, 0.29) is 18.1 Å². The molecule has 0 aromatic rings. The Kier molecular flexibility index (Phi) is 4.89. The van der Waals surface area contributed by atoms with Gasteiger partial charge in [-0.2, -0.15) is 8.42 Å². The van der Waals surface area contributed by atoms with Gasteiger partial charge in [-0.15, -0.1) is 0 Å². The fraction of sp³-hybridized carbons (Fsp3) is 1.00. The maximum atomic E-state index is 13.6. The molecule has 6 heteroatoms. The van der Waals surface area contributed by atoms with Crippen molar-refractivity contribution in [2.75, 3.05) is 5.75 Å². The fourth-order valence-corrected chi connectivity index (χ4v) is 3.52. The van der Waals surface area contributed by atoms with Crippen molar-refractivity contribution >= 4 is 10.1 Å². The maximum absolute atomic E-state index is 13.6. The average molecular weight is 270 g/mol. The second-order valence-electron chi connectivity index (χ2n) is 4.98. The van der Waals surface area contributed by atoms with E-state index in [0.717, 1.165) is 0 Å². The van der Waals surface area contributed by atoms with Gasteiger partial charge in [-0.25, -0.2) is 8.78 Å². The van der Waals surface area contributed by atoms with Crippen LogP contribution in [-0.2, 0) is 10.1 Å². The lowest BCUT2D eigenvalue weighted by Crippen LogP contribution is -2.33. The summed E-state index contributed by atoms with van der Waals surface area (Å²) < 4.78 is 57.3. The van der Waals surface area contributed by atoms with E-state index in [0.29, 0.717) is 32.1 Å². The molecule has 102 valence electrons. The monoisotopic (exact) mass is 270 g/mol. The Morgan fingerprint density at radius 3 is 2.18 bits per heavy atom. The second kappa shape index (κ2) is 5.61. The molecular weight excluding hydrogens is 250 g/mol. The second-order valence-corrected chi connectivity index (χ2v) is 6.47. The molecule has 1 saturated carbocycles. The zero-order chi connectivity index (χ0) is 13.1. The number of rotatable bonds is 5. The molecule has 0 bridgehead atoms. The van der Waals surface area contributed by atoms with Crippen LogP contribution in [0.4, 0.5) is 8.78 Å². The van der Waals surface area contributed by atoms with Crippen molar-refractivity contribution in [3.8, 4) is 0 Å². The summed E-state index contributed by atoms with van der Waals surface area (Å²) in [4.78, 5) is 0. The van der Waals surface area contributed by atoms with Crippen LogP contribution >= 0.6 is 0 Å². The summed E-state index contributed by atoms with van der Waals surface area (Å²) in [6, 6.07) is 0. The highest BCUT2D eigenvalue weighted by Crippen LogP contribution is 2.41.